The number of aliphatic carboxylic acids is 1. The van der Waals surface area contributed by atoms with Crippen LogP contribution in [0.3, 0.4) is 0 Å². The monoisotopic (exact) mass is 313 g/mol. The third-order valence-corrected chi connectivity index (χ3v) is 3.67. The van der Waals surface area contributed by atoms with Crippen molar-refractivity contribution in [3.63, 3.8) is 0 Å². The Balaban J connectivity index is 2.36. The van der Waals surface area contributed by atoms with E-state index in [0.717, 1.165) is 28.8 Å². The third-order valence-electron chi connectivity index (χ3n) is 3.18. The molecule has 1 aromatic carbocycles. The second-order valence-electron chi connectivity index (χ2n) is 4.36. The van der Waals surface area contributed by atoms with E-state index in [2.05, 4.69) is 20.8 Å². The fourth-order valence-electron chi connectivity index (χ4n) is 2.10. The van der Waals surface area contributed by atoms with E-state index in [-0.39, 0.29) is 0 Å². The molecule has 18 heavy (non-hydrogen) atoms. The standard InChI is InChI=1S/C13H16BrNO3/c1-9(13(16)17)11-8-10(14)2-3-12(11)15-4-6-18-7-5-15/h2-3,8-9H,4-7H2,1H3,(H,16,17). The zero-order chi connectivity index (χ0) is 13.1. The van der Waals surface area contributed by atoms with Gasteiger partial charge in [0.1, 0.15) is 0 Å². The molecule has 1 saturated heterocycles. The normalized spacial score (nSPS) is 17.6. The first kappa shape index (κ1) is 13.4. The van der Waals surface area contributed by atoms with Crippen molar-refractivity contribution in [1.29, 1.82) is 0 Å². The molecule has 1 fully saturated rings. The summed E-state index contributed by atoms with van der Waals surface area (Å²) in [6, 6.07) is 5.82. The minimum atomic E-state index is -0.803. The molecule has 0 saturated carbocycles. The third kappa shape index (κ3) is 2.84. The van der Waals surface area contributed by atoms with Crippen molar-refractivity contribution in [2.45, 2.75) is 12.8 Å². The van der Waals surface area contributed by atoms with Crippen molar-refractivity contribution in [2.24, 2.45) is 0 Å². The van der Waals surface area contributed by atoms with Crippen molar-refractivity contribution >= 4 is 27.6 Å². The van der Waals surface area contributed by atoms with E-state index in [0.29, 0.717) is 13.2 Å². The Labute approximate surface area is 115 Å². The number of carboxylic acids is 1. The SMILES string of the molecule is CC(C(=O)O)c1cc(Br)ccc1N1CCOCC1. The van der Waals surface area contributed by atoms with Gasteiger partial charge in [0.15, 0.2) is 0 Å². The highest BCUT2D eigenvalue weighted by molar-refractivity contribution is 9.10. The number of ether oxygens (including phenoxy) is 1. The lowest BCUT2D eigenvalue weighted by Gasteiger charge is -2.31. The second-order valence-corrected chi connectivity index (χ2v) is 5.28. The molecule has 1 N–H and O–H groups in total. The number of carboxylic acid groups (broad SMARTS) is 1. The number of morpholine rings is 1. The number of halogens is 1. The maximum atomic E-state index is 11.2. The lowest BCUT2D eigenvalue weighted by molar-refractivity contribution is -0.138. The van der Waals surface area contributed by atoms with Crippen LogP contribution in [-0.2, 0) is 9.53 Å². The quantitative estimate of drug-likeness (QED) is 0.931. The highest BCUT2D eigenvalue weighted by atomic mass is 79.9. The van der Waals surface area contributed by atoms with Gasteiger partial charge in [0.25, 0.3) is 0 Å². The number of rotatable bonds is 3. The summed E-state index contributed by atoms with van der Waals surface area (Å²) in [6.45, 7) is 4.71. The number of carbonyl (C=O) groups is 1. The van der Waals surface area contributed by atoms with Crippen molar-refractivity contribution in [2.75, 3.05) is 31.2 Å². The van der Waals surface area contributed by atoms with E-state index in [4.69, 9.17) is 4.74 Å². The molecule has 0 amide bonds. The largest absolute Gasteiger partial charge is 0.481 e. The zero-order valence-electron chi connectivity index (χ0n) is 10.2. The van der Waals surface area contributed by atoms with Crippen LogP contribution in [0.5, 0.6) is 0 Å². The Morgan fingerprint density at radius 3 is 2.72 bits per heavy atom. The van der Waals surface area contributed by atoms with E-state index in [1.807, 2.05) is 18.2 Å². The molecule has 1 unspecified atom stereocenters. The molecule has 2 rings (SSSR count). The van der Waals surface area contributed by atoms with Crippen molar-refractivity contribution in [3.05, 3.63) is 28.2 Å². The molecule has 1 aliphatic heterocycles. The first-order chi connectivity index (χ1) is 8.59. The van der Waals surface area contributed by atoms with Crippen molar-refractivity contribution in [3.8, 4) is 0 Å². The Bertz CT molecular complexity index is 444. The Kier molecular flexibility index (Phi) is 4.24. The van der Waals surface area contributed by atoms with Crippen molar-refractivity contribution in [1.82, 2.24) is 0 Å². The molecule has 1 atom stereocenters. The number of nitrogens with zero attached hydrogens (tertiary/aromatic N) is 1. The van der Waals surface area contributed by atoms with Crippen LogP contribution in [0.25, 0.3) is 0 Å². The smallest absolute Gasteiger partial charge is 0.310 e. The molecule has 0 radical (unpaired) electrons. The van der Waals surface area contributed by atoms with Gasteiger partial charge in [-0.1, -0.05) is 15.9 Å². The van der Waals surface area contributed by atoms with Crippen LogP contribution in [0.1, 0.15) is 18.4 Å². The average molecular weight is 314 g/mol. The van der Waals surface area contributed by atoms with Gasteiger partial charge in [-0.15, -0.1) is 0 Å². The van der Waals surface area contributed by atoms with Crippen LogP contribution in [0.2, 0.25) is 0 Å². The lowest BCUT2D eigenvalue weighted by atomic mass is 9.98. The van der Waals surface area contributed by atoms with Gasteiger partial charge in [0, 0.05) is 23.2 Å². The molecule has 4 nitrogen and oxygen atoms in total. The van der Waals surface area contributed by atoms with Crippen LogP contribution < -0.4 is 4.90 Å². The molecule has 0 bridgehead atoms. The van der Waals surface area contributed by atoms with Gasteiger partial charge >= 0.3 is 5.97 Å². The molecule has 5 heteroatoms. The molecule has 0 aromatic heterocycles. The maximum absolute atomic E-state index is 11.2. The molecule has 1 aromatic rings. The topological polar surface area (TPSA) is 49.8 Å². The summed E-state index contributed by atoms with van der Waals surface area (Å²) in [5, 5.41) is 9.19. The Morgan fingerprint density at radius 2 is 2.11 bits per heavy atom. The summed E-state index contributed by atoms with van der Waals surface area (Å²) in [5.41, 5.74) is 1.84. The van der Waals surface area contributed by atoms with Gasteiger partial charge in [-0.25, -0.2) is 0 Å². The summed E-state index contributed by atoms with van der Waals surface area (Å²) in [5.74, 6) is -1.32. The molecule has 0 aliphatic carbocycles. The number of benzene rings is 1. The predicted molar refractivity (Wildman–Crippen MR) is 73.2 cm³/mol. The Hall–Kier alpha value is -1.07. The van der Waals surface area contributed by atoms with Gasteiger partial charge in [0.05, 0.1) is 19.1 Å². The van der Waals surface area contributed by atoms with E-state index < -0.39 is 11.9 Å². The summed E-state index contributed by atoms with van der Waals surface area (Å²) >= 11 is 3.40. The summed E-state index contributed by atoms with van der Waals surface area (Å²) < 4.78 is 6.23. The first-order valence-corrected chi connectivity index (χ1v) is 6.74. The summed E-state index contributed by atoms with van der Waals surface area (Å²) in [4.78, 5) is 13.4. The van der Waals surface area contributed by atoms with E-state index in [1.54, 1.807) is 6.92 Å². The van der Waals surface area contributed by atoms with E-state index in [9.17, 15) is 9.90 Å². The van der Waals surface area contributed by atoms with Crippen LogP contribution in [0.4, 0.5) is 5.69 Å². The minimum Gasteiger partial charge on any atom is -0.481 e. The first-order valence-electron chi connectivity index (χ1n) is 5.94. The van der Waals surface area contributed by atoms with Crippen LogP contribution in [0, 0.1) is 0 Å². The summed E-state index contributed by atoms with van der Waals surface area (Å²) in [7, 11) is 0. The minimum absolute atomic E-state index is 0.514. The van der Waals surface area contributed by atoms with Gasteiger partial charge < -0.3 is 14.7 Å². The van der Waals surface area contributed by atoms with Crippen molar-refractivity contribution < 1.29 is 14.6 Å². The Morgan fingerprint density at radius 1 is 1.44 bits per heavy atom. The van der Waals surface area contributed by atoms with E-state index in [1.165, 1.54) is 0 Å². The fraction of sp³-hybridized carbons (Fsp3) is 0.462. The van der Waals surface area contributed by atoms with Gasteiger partial charge in [0.2, 0.25) is 0 Å². The van der Waals surface area contributed by atoms with Gasteiger partial charge in [-0.2, -0.15) is 0 Å². The average Bonchev–Trinajstić information content (AvgIpc) is 2.38. The molecular weight excluding hydrogens is 298 g/mol. The lowest BCUT2D eigenvalue weighted by Crippen LogP contribution is -2.37. The van der Waals surface area contributed by atoms with Crippen LogP contribution in [0.15, 0.2) is 22.7 Å². The van der Waals surface area contributed by atoms with Gasteiger partial charge in [-0.05, 0) is 30.7 Å². The predicted octanol–water partition coefficient (Wildman–Crippen LogP) is 2.47. The highest BCUT2D eigenvalue weighted by Crippen LogP contribution is 2.31. The molecule has 1 heterocycles. The van der Waals surface area contributed by atoms with Crippen LogP contribution in [-0.4, -0.2) is 37.4 Å². The van der Waals surface area contributed by atoms with Crippen LogP contribution >= 0.6 is 15.9 Å². The fourth-order valence-corrected chi connectivity index (χ4v) is 2.48. The zero-order valence-corrected chi connectivity index (χ0v) is 11.8. The molecular formula is C13H16BrNO3. The van der Waals surface area contributed by atoms with E-state index >= 15 is 0 Å². The van der Waals surface area contributed by atoms with Gasteiger partial charge in [-0.3, -0.25) is 4.79 Å². The highest BCUT2D eigenvalue weighted by Gasteiger charge is 2.22. The number of hydrogen-bond acceptors (Lipinski definition) is 3. The number of anilines is 1. The molecule has 1 aliphatic rings. The maximum Gasteiger partial charge on any atom is 0.310 e. The number of hydrogen-bond donors (Lipinski definition) is 1. The second kappa shape index (κ2) is 5.71. The summed E-state index contributed by atoms with van der Waals surface area (Å²) in [6.07, 6.45) is 0. The molecule has 0 spiro atoms. The molecule has 98 valence electrons.